The number of anilines is 2. The Hall–Kier alpha value is -4.29. The first kappa shape index (κ1) is 31.7. The largest absolute Gasteiger partial charge is 0.338 e. The molecule has 12 heteroatoms. The molecular formula is C34H39N5O6S. The molecule has 0 aromatic heterocycles. The average molecular weight is 646 g/mol. The molecule has 0 saturated carbocycles. The second kappa shape index (κ2) is 12.5. The van der Waals surface area contributed by atoms with Crippen LogP contribution < -0.4 is 20.9 Å². The molecule has 1 atom stereocenters. The zero-order chi connectivity index (χ0) is 32.6. The lowest BCUT2D eigenvalue weighted by atomic mass is 9.93. The van der Waals surface area contributed by atoms with Crippen LogP contribution >= 0.6 is 0 Å². The van der Waals surface area contributed by atoms with Crippen molar-refractivity contribution in [3.05, 3.63) is 71.3 Å². The molecule has 46 heavy (non-hydrogen) atoms. The maximum Gasteiger partial charge on any atom is 0.319 e. The summed E-state index contributed by atoms with van der Waals surface area (Å²) in [5.74, 6) is -1.17. The van der Waals surface area contributed by atoms with Gasteiger partial charge in [-0.1, -0.05) is 36.8 Å². The minimum absolute atomic E-state index is 0.128. The molecule has 0 bridgehead atoms. The normalized spacial score (nSPS) is 19.7. The lowest BCUT2D eigenvalue weighted by molar-refractivity contribution is -0.134. The van der Waals surface area contributed by atoms with Crippen LogP contribution in [-0.4, -0.2) is 61.1 Å². The van der Waals surface area contributed by atoms with Gasteiger partial charge in [-0.3, -0.25) is 24.6 Å². The quantitative estimate of drug-likeness (QED) is 0.232. The van der Waals surface area contributed by atoms with Crippen LogP contribution in [0, 0.1) is 0 Å². The molecule has 6 rings (SSSR count). The van der Waals surface area contributed by atoms with Gasteiger partial charge in [-0.25, -0.2) is 13.2 Å². The van der Waals surface area contributed by atoms with E-state index in [1.165, 1.54) is 4.90 Å². The molecule has 1 unspecified atom stereocenters. The lowest BCUT2D eigenvalue weighted by Gasteiger charge is -2.41. The lowest BCUT2D eigenvalue weighted by Crippen LogP contribution is -2.53. The van der Waals surface area contributed by atoms with Gasteiger partial charge in [-0.15, -0.1) is 0 Å². The fourth-order valence-corrected chi connectivity index (χ4v) is 8.92. The summed E-state index contributed by atoms with van der Waals surface area (Å²) >= 11 is 0. The Balaban J connectivity index is 1.04. The highest BCUT2D eigenvalue weighted by Crippen LogP contribution is 2.40. The van der Waals surface area contributed by atoms with Crippen LogP contribution in [0.1, 0.15) is 73.9 Å². The van der Waals surface area contributed by atoms with Crippen molar-refractivity contribution in [2.75, 3.05) is 23.3 Å². The number of imide groups is 1. The molecule has 3 aliphatic rings. The first-order valence-corrected chi connectivity index (χ1v) is 17.4. The number of hydrogen-bond acceptors (Lipinski definition) is 6. The van der Waals surface area contributed by atoms with Crippen molar-refractivity contribution in [1.29, 1.82) is 0 Å². The number of piperidine rings is 2. The van der Waals surface area contributed by atoms with Gasteiger partial charge in [-0.05, 0) is 86.7 Å². The summed E-state index contributed by atoms with van der Waals surface area (Å²) in [5.41, 5.74) is 2.85. The second-order valence-electron chi connectivity index (χ2n) is 12.9. The Kier molecular flexibility index (Phi) is 8.60. The molecule has 0 radical (unpaired) electrons. The zero-order valence-corrected chi connectivity index (χ0v) is 26.9. The summed E-state index contributed by atoms with van der Waals surface area (Å²) in [6, 6.07) is 15.3. The standard InChI is InChI=1S/C34H39N5O6S/c1-34(2)15-3-4-17-38(34)46(44,45)21-23-8-5-11-25(19-23)36-33(43)35-16-7-9-22-18-24-10-6-12-27-30(24)26(20-22)32(42)39(27)28-13-14-29(40)37-31(28)41/h5-6,8,10-12,18-20,28H,3-4,7,9,13-17,21H2,1-2H3,(H2,35,36,43)(H,37,40,41). The smallest absolute Gasteiger partial charge is 0.319 e. The van der Waals surface area contributed by atoms with Crippen molar-refractivity contribution < 1.29 is 27.6 Å². The van der Waals surface area contributed by atoms with Crippen LogP contribution in [0.4, 0.5) is 16.2 Å². The molecule has 3 aromatic rings. The number of rotatable bonds is 9. The third-order valence-electron chi connectivity index (χ3n) is 9.12. The van der Waals surface area contributed by atoms with Crippen molar-refractivity contribution >= 4 is 55.9 Å². The van der Waals surface area contributed by atoms with Crippen molar-refractivity contribution in [2.45, 2.75) is 76.1 Å². The Labute approximate surface area is 268 Å². The van der Waals surface area contributed by atoms with Crippen molar-refractivity contribution in [1.82, 2.24) is 14.9 Å². The van der Waals surface area contributed by atoms with E-state index in [2.05, 4.69) is 16.0 Å². The maximum atomic E-state index is 13.5. The molecule has 242 valence electrons. The number of benzene rings is 3. The van der Waals surface area contributed by atoms with E-state index in [0.717, 1.165) is 35.6 Å². The van der Waals surface area contributed by atoms with Crippen LogP contribution in [0.2, 0.25) is 0 Å². The van der Waals surface area contributed by atoms with Crippen LogP contribution in [0.5, 0.6) is 0 Å². The molecule has 3 N–H and O–H groups in total. The van der Waals surface area contributed by atoms with E-state index in [0.29, 0.717) is 48.4 Å². The van der Waals surface area contributed by atoms with Gasteiger partial charge in [0.2, 0.25) is 21.8 Å². The number of nitrogens with one attached hydrogen (secondary N) is 3. The number of carbonyl (C=O) groups excluding carboxylic acids is 4. The first-order valence-electron chi connectivity index (χ1n) is 15.8. The zero-order valence-electron chi connectivity index (χ0n) is 26.1. The summed E-state index contributed by atoms with van der Waals surface area (Å²) in [5, 5.41) is 9.69. The molecule has 3 heterocycles. The van der Waals surface area contributed by atoms with Gasteiger partial charge >= 0.3 is 6.03 Å². The highest BCUT2D eigenvalue weighted by Gasteiger charge is 2.41. The minimum Gasteiger partial charge on any atom is -0.338 e. The number of amides is 5. The highest BCUT2D eigenvalue weighted by molar-refractivity contribution is 7.88. The van der Waals surface area contributed by atoms with Crippen LogP contribution in [-0.2, 0) is 31.8 Å². The van der Waals surface area contributed by atoms with Gasteiger partial charge in [0, 0.05) is 36.1 Å². The van der Waals surface area contributed by atoms with E-state index in [4.69, 9.17) is 0 Å². The molecular weight excluding hydrogens is 606 g/mol. The van der Waals surface area contributed by atoms with E-state index >= 15 is 0 Å². The topological polar surface area (TPSA) is 145 Å². The Morgan fingerprint density at radius 2 is 1.83 bits per heavy atom. The fraction of sp³-hybridized carbons (Fsp3) is 0.412. The molecule has 2 saturated heterocycles. The molecule has 11 nitrogen and oxygen atoms in total. The van der Waals surface area contributed by atoms with Crippen LogP contribution in [0.3, 0.4) is 0 Å². The third-order valence-corrected chi connectivity index (χ3v) is 11.2. The fourth-order valence-electron chi connectivity index (χ4n) is 6.91. The number of urea groups is 1. The average Bonchev–Trinajstić information content (AvgIpc) is 3.27. The van der Waals surface area contributed by atoms with Crippen LogP contribution in [0.25, 0.3) is 10.8 Å². The maximum absolute atomic E-state index is 13.5. The Morgan fingerprint density at radius 3 is 2.61 bits per heavy atom. The number of aryl methyl sites for hydroxylation is 1. The van der Waals surface area contributed by atoms with Gasteiger partial charge in [0.15, 0.2) is 0 Å². The second-order valence-corrected chi connectivity index (χ2v) is 14.8. The number of hydrogen-bond donors (Lipinski definition) is 3. The SMILES string of the molecule is CC1(C)CCCCN1S(=O)(=O)Cc1cccc(NC(=O)NCCCc2cc3c4c(cccc4c2)N(C2CCC(=O)NC2=O)C3=O)c1. The summed E-state index contributed by atoms with van der Waals surface area (Å²) in [6.07, 6.45) is 4.40. The molecule has 0 aliphatic carbocycles. The highest BCUT2D eigenvalue weighted by atomic mass is 32.2. The number of carbonyl (C=O) groups is 4. The van der Waals surface area contributed by atoms with Gasteiger partial charge in [0.05, 0.1) is 17.0 Å². The van der Waals surface area contributed by atoms with Gasteiger partial charge in [-0.2, -0.15) is 4.31 Å². The van der Waals surface area contributed by atoms with E-state index in [1.807, 2.05) is 44.2 Å². The molecule has 3 aromatic carbocycles. The van der Waals surface area contributed by atoms with E-state index < -0.39 is 33.5 Å². The van der Waals surface area contributed by atoms with Crippen LogP contribution in [0.15, 0.2) is 54.6 Å². The van der Waals surface area contributed by atoms with Crippen molar-refractivity contribution in [2.24, 2.45) is 0 Å². The molecule has 0 spiro atoms. The molecule has 3 aliphatic heterocycles. The van der Waals surface area contributed by atoms with E-state index in [-0.39, 0.29) is 30.4 Å². The van der Waals surface area contributed by atoms with Gasteiger partial charge in [0.1, 0.15) is 6.04 Å². The van der Waals surface area contributed by atoms with E-state index in [9.17, 15) is 27.6 Å². The summed E-state index contributed by atoms with van der Waals surface area (Å²) in [6.45, 7) is 4.84. The summed E-state index contributed by atoms with van der Waals surface area (Å²) in [7, 11) is -3.51. The number of nitrogens with zero attached hydrogens (tertiary/aromatic N) is 2. The van der Waals surface area contributed by atoms with Crippen molar-refractivity contribution in [3.63, 3.8) is 0 Å². The monoisotopic (exact) mass is 645 g/mol. The summed E-state index contributed by atoms with van der Waals surface area (Å²) in [4.78, 5) is 51.9. The Morgan fingerprint density at radius 1 is 1.02 bits per heavy atom. The first-order chi connectivity index (χ1) is 21.9. The molecule has 5 amide bonds. The van der Waals surface area contributed by atoms with E-state index in [1.54, 1.807) is 28.6 Å². The van der Waals surface area contributed by atoms with Crippen molar-refractivity contribution in [3.8, 4) is 0 Å². The predicted molar refractivity (Wildman–Crippen MR) is 176 cm³/mol. The van der Waals surface area contributed by atoms with Gasteiger partial charge in [0.25, 0.3) is 5.91 Å². The minimum atomic E-state index is -3.51. The third kappa shape index (κ3) is 6.36. The predicted octanol–water partition coefficient (Wildman–Crippen LogP) is 4.45. The number of sulfonamides is 1. The molecule has 2 fully saturated rings. The Bertz CT molecular complexity index is 1840. The summed E-state index contributed by atoms with van der Waals surface area (Å²) < 4.78 is 28.1. The van der Waals surface area contributed by atoms with Gasteiger partial charge < -0.3 is 10.6 Å².